The van der Waals surface area contributed by atoms with Gasteiger partial charge >= 0.3 is 0 Å². The summed E-state index contributed by atoms with van der Waals surface area (Å²) in [5.74, 6) is 0.536. The quantitative estimate of drug-likeness (QED) is 0.840. The minimum Gasteiger partial charge on any atom is -0.492 e. The number of nitrogens with two attached hydrogens (primary N) is 1. The summed E-state index contributed by atoms with van der Waals surface area (Å²) in [6, 6.07) is 13.9. The van der Waals surface area contributed by atoms with Crippen LogP contribution in [-0.4, -0.2) is 20.2 Å². The van der Waals surface area contributed by atoms with Gasteiger partial charge in [0.05, 0.1) is 12.2 Å². The molecule has 0 aliphatic heterocycles. The molecule has 0 aliphatic carbocycles. The molecule has 2 rings (SSSR count). The lowest BCUT2D eigenvalue weighted by atomic mass is 10.3. The molecule has 0 saturated heterocycles. The second kappa shape index (κ2) is 6.09. The first-order valence-corrected chi connectivity index (χ1v) is 6.11. The van der Waals surface area contributed by atoms with Crippen molar-refractivity contribution in [3.8, 4) is 5.75 Å². The summed E-state index contributed by atoms with van der Waals surface area (Å²) in [4.78, 5) is 1.83. The number of hydrogen-bond acceptors (Lipinski definition) is 3. The van der Waals surface area contributed by atoms with Crippen LogP contribution < -0.4 is 15.4 Å². The average Bonchev–Trinajstić information content (AvgIpc) is 2.41. The van der Waals surface area contributed by atoms with Crippen LogP contribution in [0.25, 0.3) is 0 Å². The van der Waals surface area contributed by atoms with Crippen LogP contribution in [0, 0.1) is 5.82 Å². The van der Waals surface area contributed by atoms with Gasteiger partial charge in [-0.3, -0.25) is 0 Å². The number of anilines is 2. The Bertz CT molecular complexity index is 528. The van der Waals surface area contributed by atoms with E-state index in [0.29, 0.717) is 24.5 Å². The van der Waals surface area contributed by atoms with Crippen molar-refractivity contribution in [2.45, 2.75) is 0 Å². The Morgan fingerprint density at radius 3 is 2.47 bits per heavy atom. The van der Waals surface area contributed by atoms with Crippen molar-refractivity contribution in [2.24, 2.45) is 0 Å². The molecule has 0 fully saturated rings. The highest BCUT2D eigenvalue weighted by atomic mass is 19.1. The van der Waals surface area contributed by atoms with E-state index >= 15 is 0 Å². The summed E-state index contributed by atoms with van der Waals surface area (Å²) in [5, 5.41) is 0. The fourth-order valence-electron chi connectivity index (χ4n) is 1.75. The van der Waals surface area contributed by atoms with Crippen molar-refractivity contribution in [1.82, 2.24) is 0 Å². The summed E-state index contributed by atoms with van der Waals surface area (Å²) >= 11 is 0. The molecule has 4 heteroatoms. The fraction of sp³-hybridized carbons (Fsp3) is 0.200. The predicted molar refractivity (Wildman–Crippen MR) is 76.0 cm³/mol. The van der Waals surface area contributed by atoms with Crippen LogP contribution in [0.1, 0.15) is 0 Å². The van der Waals surface area contributed by atoms with Gasteiger partial charge < -0.3 is 15.4 Å². The molecule has 0 radical (unpaired) electrons. The maximum absolute atomic E-state index is 13.5. The van der Waals surface area contributed by atoms with Gasteiger partial charge in [0, 0.05) is 12.7 Å². The highest BCUT2D eigenvalue weighted by molar-refractivity contribution is 5.46. The third-order valence-corrected chi connectivity index (χ3v) is 2.84. The van der Waals surface area contributed by atoms with E-state index in [1.807, 2.05) is 30.1 Å². The van der Waals surface area contributed by atoms with Gasteiger partial charge in [0.25, 0.3) is 0 Å². The first kappa shape index (κ1) is 13.2. The molecular weight excluding hydrogens is 243 g/mol. The van der Waals surface area contributed by atoms with Crippen LogP contribution in [0.15, 0.2) is 48.5 Å². The monoisotopic (exact) mass is 260 g/mol. The first-order valence-electron chi connectivity index (χ1n) is 6.11. The number of hydrogen-bond donors (Lipinski definition) is 1. The van der Waals surface area contributed by atoms with E-state index in [2.05, 4.69) is 0 Å². The normalized spacial score (nSPS) is 10.2. The molecule has 0 aliphatic rings. The molecule has 3 nitrogen and oxygen atoms in total. The van der Waals surface area contributed by atoms with Crippen molar-refractivity contribution < 1.29 is 9.13 Å². The number of ether oxygens (including phenoxy) is 1. The van der Waals surface area contributed by atoms with Gasteiger partial charge in [-0.15, -0.1) is 0 Å². The predicted octanol–water partition coefficient (Wildman–Crippen LogP) is 2.92. The zero-order valence-electron chi connectivity index (χ0n) is 10.8. The van der Waals surface area contributed by atoms with E-state index < -0.39 is 0 Å². The van der Waals surface area contributed by atoms with E-state index in [0.717, 1.165) is 5.75 Å². The Balaban J connectivity index is 1.86. The third-order valence-electron chi connectivity index (χ3n) is 2.84. The highest BCUT2D eigenvalue weighted by Crippen LogP contribution is 2.17. The van der Waals surface area contributed by atoms with E-state index in [4.69, 9.17) is 10.5 Å². The number of rotatable bonds is 5. The topological polar surface area (TPSA) is 38.5 Å². The molecule has 100 valence electrons. The second-order valence-corrected chi connectivity index (χ2v) is 4.29. The molecule has 0 heterocycles. The number of para-hydroxylation sites is 1. The average molecular weight is 260 g/mol. The SMILES string of the molecule is CN(CCOc1ccc(N)cc1)c1ccccc1F. The van der Waals surface area contributed by atoms with E-state index in [9.17, 15) is 4.39 Å². The van der Waals surface area contributed by atoms with Crippen molar-refractivity contribution in [3.63, 3.8) is 0 Å². The van der Waals surface area contributed by atoms with Crippen LogP contribution in [0.3, 0.4) is 0 Å². The van der Waals surface area contributed by atoms with Crippen LogP contribution >= 0.6 is 0 Å². The number of halogens is 1. The van der Waals surface area contributed by atoms with Gasteiger partial charge in [-0.1, -0.05) is 12.1 Å². The lowest BCUT2D eigenvalue weighted by molar-refractivity contribution is 0.325. The number of nitrogens with zero attached hydrogens (tertiary/aromatic N) is 1. The second-order valence-electron chi connectivity index (χ2n) is 4.29. The summed E-state index contributed by atoms with van der Waals surface area (Å²) < 4.78 is 19.1. The molecule has 2 aromatic rings. The van der Waals surface area contributed by atoms with E-state index in [1.165, 1.54) is 6.07 Å². The summed E-state index contributed by atoms with van der Waals surface area (Å²) in [5.41, 5.74) is 6.87. The van der Waals surface area contributed by atoms with E-state index in [1.54, 1.807) is 24.3 Å². The minimum atomic E-state index is -0.225. The maximum atomic E-state index is 13.5. The zero-order chi connectivity index (χ0) is 13.7. The molecule has 19 heavy (non-hydrogen) atoms. The Labute approximate surface area is 112 Å². The molecule has 0 unspecified atom stereocenters. The molecule has 2 N–H and O–H groups in total. The van der Waals surface area contributed by atoms with Crippen molar-refractivity contribution in [1.29, 1.82) is 0 Å². The zero-order valence-corrected chi connectivity index (χ0v) is 10.8. The fourth-order valence-corrected chi connectivity index (χ4v) is 1.75. The van der Waals surface area contributed by atoms with Crippen LogP contribution in [-0.2, 0) is 0 Å². The number of likely N-dealkylation sites (N-methyl/N-ethyl adjacent to an activating group) is 1. The molecule has 2 aromatic carbocycles. The van der Waals surface area contributed by atoms with Crippen LogP contribution in [0.5, 0.6) is 5.75 Å². The summed E-state index contributed by atoms with van der Waals surface area (Å²) in [7, 11) is 1.84. The molecular formula is C15H17FN2O. The lowest BCUT2D eigenvalue weighted by Crippen LogP contribution is -2.24. The maximum Gasteiger partial charge on any atom is 0.146 e. The van der Waals surface area contributed by atoms with Crippen molar-refractivity contribution >= 4 is 11.4 Å². The lowest BCUT2D eigenvalue weighted by Gasteiger charge is -2.20. The number of benzene rings is 2. The minimum absolute atomic E-state index is 0.225. The van der Waals surface area contributed by atoms with E-state index in [-0.39, 0.29) is 5.82 Å². The molecule has 0 aromatic heterocycles. The molecule has 0 saturated carbocycles. The Kier molecular flexibility index (Phi) is 4.23. The van der Waals surface area contributed by atoms with Gasteiger partial charge in [0.1, 0.15) is 18.2 Å². The Hall–Kier alpha value is -2.23. The third kappa shape index (κ3) is 3.61. The van der Waals surface area contributed by atoms with Gasteiger partial charge in [-0.25, -0.2) is 4.39 Å². The van der Waals surface area contributed by atoms with Gasteiger partial charge in [0.2, 0.25) is 0 Å². The van der Waals surface area contributed by atoms with Gasteiger partial charge in [-0.2, -0.15) is 0 Å². The summed E-state index contributed by atoms with van der Waals surface area (Å²) in [6.45, 7) is 1.08. The molecule has 0 amide bonds. The number of nitrogen functional groups attached to an aromatic ring is 1. The smallest absolute Gasteiger partial charge is 0.146 e. The van der Waals surface area contributed by atoms with Crippen molar-refractivity contribution in [3.05, 3.63) is 54.3 Å². The van der Waals surface area contributed by atoms with Crippen molar-refractivity contribution in [2.75, 3.05) is 30.8 Å². The molecule has 0 bridgehead atoms. The molecule has 0 atom stereocenters. The van der Waals surface area contributed by atoms with Gasteiger partial charge in [0.15, 0.2) is 0 Å². The highest BCUT2D eigenvalue weighted by Gasteiger charge is 2.06. The Morgan fingerprint density at radius 1 is 1.11 bits per heavy atom. The molecule has 0 spiro atoms. The largest absolute Gasteiger partial charge is 0.492 e. The van der Waals surface area contributed by atoms with Crippen LogP contribution in [0.2, 0.25) is 0 Å². The first-order chi connectivity index (χ1) is 9.16. The van der Waals surface area contributed by atoms with Gasteiger partial charge in [-0.05, 0) is 36.4 Å². The standard InChI is InChI=1S/C15H17FN2O/c1-18(15-5-3-2-4-14(15)16)10-11-19-13-8-6-12(17)7-9-13/h2-9H,10-11,17H2,1H3. The Morgan fingerprint density at radius 2 is 1.79 bits per heavy atom. The van der Waals surface area contributed by atoms with Crippen LogP contribution in [0.4, 0.5) is 15.8 Å². The summed E-state index contributed by atoms with van der Waals surface area (Å²) in [6.07, 6.45) is 0.